The summed E-state index contributed by atoms with van der Waals surface area (Å²) in [4.78, 5) is 11.3. The van der Waals surface area contributed by atoms with Crippen molar-refractivity contribution in [1.29, 1.82) is 0 Å². The van der Waals surface area contributed by atoms with E-state index >= 15 is 0 Å². The number of hydrogen-bond acceptors (Lipinski definition) is 2. The Labute approximate surface area is 139 Å². The third-order valence-electron chi connectivity index (χ3n) is 3.84. The molecule has 4 rings (SSSR count). The molecule has 0 aliphatic heterocycles. The molecule has 0 radical (unpaired) electrons. The van der Waals surface area contributed by atoms with Gasteiger partial charge in [0.25, 0.3) is 0 Å². The Morgan fingerprint density at radius 1 is 0.957 bits per heavy atom. The largest absolute Gasteiger partial charge is 1.00 e. The minimum Gasteiger partial charge on any atom is -1.00 e. The van der Waals surface area contributed by atoms with Gasteiger partial charge in [-0.1, -0.05) is 30.3 Å². The van der Waals surface area contributed by atoms with Crippen LogP contribution in [0.15, 0.2) is 67.0 Å². The molecule has 4 heteroatoms. The smallest absolute Gasteiger partial charge is 0.308 e. The zero-order chi connectivity index (χ0) is 15.1. The van der Waals surface area contributed by atoms with E-state index in [1.807, 2.05) is 42.7 Å². The van der Waals surface area contributed by atoms with E-state index in [1.165, 1.54) is 17.7 Å². The van der Waals surface area contributed by atoms with E-state index in [2.05, 4.69) is 28.7 Å². The van der Waals surface area contributed by atoms with E-state index in [0.717, 1.165) is 16.3 Å². The second-order valence-corrected chi connectivity index (χ2v) is 5.32. The lowest BCUT2D eigenvalue weighted by atomic mass is 10.1. The first-order chi connectivity index (χ1) is 10.7. The first kappa shape index (κ1) is 15.3. The van der Waals surface area contributed by atoms with Crippen molar-refractivity contribution in [2.45, 2.75) is 6.92 Å². The summed E-state index contributed by atoms with van der Waals surface area (Å²) in [5.74, 6) is 0.281. The van der Waals surface area contributed by atoms with Crippen LogP contribution in [0.25, 0.3) is 27.1 Å². The van der Waals surface area contributed by atoms with Gasteiger partial charge in [-0.05, 0) is 22.9 Å². The van der Waals surface area contributed by atoms with Gasteiger partial charge in [0.05, 0.1) is 10.8 Å². The highest BCUT2D eigenvalue weighted by Crippen LogP contribution is 2.27. The van der Waals surface area contributed by atoms with Gasteiger partial charge in [0.15, 0.2) is 12.4 Å². The number of aromatic nitrogens is 1. The van der Waals surface area contributed by atoms with Crippen molar-refractivity contribution in [1.82, 2.24) is 0 Å². The number of carbonyl (C=O) groups is 1. The van der Waals surface area contributed by atoms with E-state index in [9.17, 15) is 4.79 Å². The van der Waals surface area contributed by atoms with Gasteiger partial charge in [-0.3, -0.25) is 4.79 Å². The zero-order valence-corrected chi connectivity index (χ0v) is 13.2. The van der Waals surface area contributed by atoms with Crippen LogP contribution < -0.4 is 21.5 Å². The van der Waals surface area contributed by atoms with Crippen LogP contribution in [0.1, 0.15) is 6.92 Å². The number of pyridine rings is 2. The van der Waals surface area contributed by atoms with Gasteiger partial charge in [-0.15, -0.1) is 0 Å². The molecule has 0 amide bonds. The van der Waals surface area contributed by atoms with Gasteiger partial charge in [0.2, 0.25) is 5.52 Å². The molecule has 2 aromatic carbocycles. The summed E-state index contributed by atoms with van der Waals surface area (Å²) in [6.45, 7) is 1.42. The third-order valence-corrected chi connectivity index (χ3v) is 3.84. The number of rotatable bonds is 1. The number of esters is 1. The molecule has 2 heterocycles. The molecule has 0 bridgehead atoms. The molecule has 114 valence electrons. The van der Waals surface area contributed by atoms with E-state index in [0.29, 0.717) is 5.75 Å². The SMILES string of the molecule is CC(=O)Oc1cccc2cc3c4ccccc4cc[n+]3cc12.[Cl-]. The Bertz CT molecular complexity index is 1040. The summed E-state index contributed by atoms with van der Waals surface area (Å²) in [6, 6.07) is 18.3. The molecule has 0 fully saturated rings. The first-order valence-corrected chi connectivity index (χ1v) is 7.16. The number of fused-ring (bicyclic) bond motifs is 4. The van der Waals surface area contributed by atoms with E-state index < -0.39 is 0 Å². The van der Waals surface area contributed by atoms with Gasteiger partial charge < -0.3 is 17.1 Å². The Balaban J connectivity index is 0.00000156. The minimum atomic E-state index is -0.309. The Morgan fingerprint density at radius 2 is 1.74 bits per heavy atom. The topological polar surface area (TPSA) is 30.4 Å². The summed E-state index contributed by atoms with van der Waals surface area (Å²) in [5.41, 5.74) is 1.13. The van der Waals surface area contributed by atoms with Crippen molar-refractivity contribution in [3.63, 3.8) is 0 Å². The van der Waals surface area contributed by atoms with E-state index in [4.69, 9.17) is 4.74 Å². The van der Waals surface area contributed by atoms with Gasteiger partial charge in [-0.2, -0.15) is 4.40 Å². The number of nitrogens with zero attached hydrogens (tertiary/aromatic N) is 1. The Kier molecular flexibility index (Phi) is 3.89. The van der Waals surface area contributed by atoms with Crippen molar-refractivity contribution in [2.75, 3.05) is 0 Å². The Hall–Kier alpha value is -2.65. The van der Waals surface area contributed by atoms with E-state index in [1.54, 1.807) is 0 Å². The van der Waals surface area contributed by atoms with Crippen molar-refractivity contribution in [2.24, 2.45) is 0 Å². The molecule has 0 saturated carbocycles. The lowest BCUT2D eigenvalue weighted by Gasteiger charge is -2.05. The average Bonchev–Trinajstić information content (AvgIpc) is 2.53. The van der Waals surface area contributed by atoms with Crippen LogP contribution in [0.5, 0.6) is 5.75 Å². The highest BCUT2D eigenvalue weighted by molar-refractivity contribution is 5.98. The fourth-order valence-corrected chi connectivity index (χ4v) is 2.88. The normalized spacial score (nSPS) is 10.7. The third kappa shape index (κ3) is 2.60. The van der Waals surface area contributed by atoms with Crippen LogP contribution in [-0.4, -0.2) is 5.97 Å². The zero-order valence-electron chi connectivity index (χ0n) is 12.5. The molecule has 0 atom stereocenters. The van der Waals surface area contributed by atoms with Gasteiger partial charge in [0, 0.05) is 19.1 Å². The van der Waals surface area contributed by atoms with Crippen molar-refractivity contribution >= 4 is 33.0 Å². The monoisotopic (exact) mass is 323 g/mol. The number of benzene rings is 2. The highest BCUT2D eigenvalue weighted by atomic mass is 35.5. The standard InChI is InChI=1S/C19H14NO2.ClH/c1-13(21)22-19-8-4-6-15-11-18-16-7-3-2-5-14(16)9-10-20(18)12-17(15)19;/h2-12H,1H3;1H/q+1;/p-1. The second kappa shape index (κ2) is 5.86. The summed E-state index contributed by atoms with van der Waals surface area (Å²) in [7, 11) is 0. The van der Waals surface area contributed by atoms with Crippen LogP contribution in [0.3, 0.4) is 0 Å². The molecule has 23 heavy (non-hydrogen) atoms. The molecule has 0 saturated heterocycles. The van der Waals surface area contributed by atoms with Crippen LogP contribution >= 0.6 is 0 Å². The Morgan fingerprint density at radius 3 is 2.57 bits per heavy atom. The van der Waals surface area contributed by atoms with Crippen LogP contribution in [0, 0.1) is 0 Å². The predicted molar refractivity (Wildman–Crippen MR) is 85.9 cm³/mol. The van der Waals surface area contributed by atoms with Crippen molar-refractivity contribution < 1.29 is 26.3 Å². The molecule has 2 aromatic heterocycles. The molecular formula is C19H14ClNO2. The molecular weight excluding hydrogens is 310 g/mol. The number of halogens is 1. The molecule has 3 nitrogen and oxygen atoms in total. The van der Waals surface area contributed by atoms with E-state index in [-0.39, 0.29) is 18.4 Å². The average molecular weight is 324 g/mol. The number of ether oxygens (including phenoxy) is 1. The summed E-state index contributed by atoms with van der Waals surface area (Å²) in [6.07, 6.45) is 4.04. The lowest BCUT2D eigenvalue weighted by molar-refractivity contribution is -0.509. The maximum atomic E-state index is 11.3. The second-order valence-electron chi connectivity index (χ2n) is 5.32. The van der Waals surface area contributed by atoms with Crippen molar-refractivity contribution in [3.05, 3.63) is 67.0 Å². The van der Waals surface area contributed by atoms with Gasteiger partial charge >= 0.3 is 5.97 Å². The lowest BCUT2D eigenvalue weighted by Crippen LogP contribution is -3.00. The number of hydrogen-bond donors (Lipinski definition) is 0. The highest BCUT2D eigenvalue weighted by Gasteiger charge is 2.13. The quantitative estimate of drug-likeness (QED) is 0.169. The van der Waals surface area contributed by atoms with Crippen LogP contribution in [-0.2, 0) is 4.79 Å². The molecule has 0 unspecified atom stereocenters. The predicted octanol–water partition coefficient (Wildman–Crippen LogP) is 0.661. The fraction of sp³-hybridized carbons (Fsp3) is 0.0526. The summed E-state index contributed by atoms with van der Waals surface area (Å²) in [5, 5.41) is 4.38. The first-order valence-electron chi connectivity index (χ1n) is 7.16. The summed E-state index contributed by atoms with van der Waals surface area (Å²) >= 11 is 0. The maximum absolute atomic E-state index is 11.3. The number of carbonyl (C=O) groups excluding carboxylic acids is 1. The van der Waals surface area contributed by atoms with Gasteiger partial charge in [0.1, 0.15) is 5.75 Å². The molecule has 4 aromatic rings. The molecule has 0 aliphatic rings. The van der Waals surface area contributed by atoms with Gasteiger partial charge in [-0.25, -0.2) is 0 Å². The van der Waals surface area contributed by atoms with Crippen LogP contribution in [0.4, 0.5) is 0 Å². The summed E-state index contributed by atoms with van der Waals surface area (Å²) < 4.78 is 7.38. The minimum absolute atomic E-state index is 0. The maximum Gasteiger partial charge on any atom is 0.308 e. The fourth-order valence-electron chi connectivity index (χ4n) is 2.88. The molecule has 0 spiro atoms. The van der Waals surface area contributed by atoms with Crippen LogP contribution in [0.2, 0.25) is 0 Å². The molecule has 0 aliphatic carbocycles. The van der Waals surface area contributed by atoms with Crippen molar-refractivity contribution in [3.8, 4) is 5.75 Å². The molecule has 0 N–H and O–H groups in total.